The number of nitrogen functional groups attached to an aromatic ring is 1. The normalized spacial score (nSPS) is 13.9. The number of nitrogens with one attached hydrogen (secondary N) is 1. The third-order valence-corrected chi connectivity index (χ3v) is 5.84. The quantitative estimate of drug-likeness (QED) is 0.645. The van der Waals surface area contributed by atoms with Crippen LogP contribution in [-0.2, 0) is 17.8 Å². The molecule has 0 unspecified atom stereocenters. The van der Waals surface area contributed by atoms with Crippen LogP contribution in [0.15, 0.2) is 42.5 Å². The van der Waals surface area contributed by atoms with Gasteiger partial charge in [0.2, 0.25) is 5.91 Å². The number of anilines is 2. The Morgan fingerprint density at radius 2 is 1.75 bits per heavy atom. The largest absolute Gasteiger partial charge is 0.399 e. The van der Waals surface area contributed by atoms with Crippen LogP contribution in [0.1, 0.15) is 23.1 Å². The van der Waals surface area contributed by atoms with Gasteiger partial charge in [0.25, 0.3) is 0 Å². The first-order chi connectivity index (χ1) is 12.6. The molecule has 1 aliphatic heterocycles. The summed E-state index contributed by atoms with van der Waals surface area (Å²) < 4.78 is 0. The first kappa shape index (κ1) is 24.6. The monoisotopic (exact) mass is 441 g/mol. The van der Waals surface area contributed by atoms with Crippen LogP contribution in [0.4, 0.5) is 11.4 Å². The van der Waals surface area contributed by atoms with Crippen LogP contribution in [-0.4, -0.2) is 35.4 Å². The number of amides is 1. The lowest BCUT2D eigenvalue weighted by Crippen LogP contribution is -2.32. The number of nitrogens with two attached hydrogens (primary N) is 1. The van der Waals surface area contributed by atoms with Gasteiger partial charge < -0.3 is 11.1 Å². The van der Waals surface area contributed by atoms with Gasteiger partial charge >= 0.3 is 0 Å². The highest BCUT2D eigenvalue weighted by Gasteiger charge is 2.14. The number of hydrogen-bond acceptors (Lipinski definition) is 4. The Hall–Kier alpha value is -1.40. The second-order valence-electron chi connectivity index (χ2n) is 6.73. The van der Waals surface area contributed by atoms with Gasteiger partial charge in [-0.15, -0.1) is 24.8 Å². The van der Waals surface area contributed by atoms with Gasteiger partial charge in [-0.25, -0.2) is 0 Å². The Bertz CT molecular complexity index is 767. The summed E-state index contributed by atoms with van der Waals surface area (Å²) in [5.41, 5.74) is 11.1. The number of halogens is 2. The lowest BCUT2D eigenvalue weighted by molar-refractivity contribution is -0.116. The Kier molecular flexibility index (Phi) is 10.8. The van der Waals surface area contributed by atoms with Crippen molar-refractivity contribution in [1.29, 1.82) is 0 Å². The van der Waals surface area contributed by atoms with Crippen molar-refractivity contribution in [2.24, 2.45) is 0 Å². The van der Waals surface area contributed by atoms with Crippen LogP contribution in [0.2, 0.25) is 0 Å². The van der Waals surface area contributed by atoms with E-state index < -0.39 is 0 Å². The fourth-order valence-corrected chi connectivity index (χ4v) is 4.19. The molecule has 1 heterocycles. The van der Waals surface area contributed by atoms with E-state index in [0.29, 0.717) is 12.8 Å². The smallest absolute Gasteiger partial charge is 0.224 e. The minimum atomic E-state index is 0. The summed E-state index contributed by atoms with van der Waals surface area (Å²) in [6, 6.07) is 13.9. The molecule has 0 atom stereocenters. The molecular formula is C21H29Cl2N3OS. The highest BCUT2D eigenvalue weighted by molar-refractivity contribution is 7.99. The van der Waals surface area contributed by atoms with Gasteiger partial charge in [-0.05, 0) is 42.2 Å². The van der Waals surface area contributed by atoms with Crippen LogP contribution in [0.5, 0.6) is 0 Å². The summed E-state index contributed by atoms with van der Waals surface area (Å²) in [5, 5.41) is 3.08. The van der Waals surface area contributed by atoms with E-state index in [2.05, 4.69) is 23.2 Å². The standard InChI is InChI=1S/C21H27N3OS.2ClH/c1-16-18(15-24-11-13-26-14-12-24)6-4-8-20(16)23-21(25)10-9-17-5-2-3-7-19(17)22;;/h2-8H,9-15,22H2,1H3,(H,23,25);2*1H. The SMILES string of the molecule is Cc1c(CN2CCSCC2)cccc1NC(=O)CCc1ccccc1N.Cl.Cl. The summed E-state index contributed by atoms with van der Waals surface area (Å²) in [7, 11) is 0. The molecule has 2 aromatic carbocycles. The molecule has 28 heavy (non-hydrogen) atoms. The third-order valence-electron chi connectivity index (χ3n) is 4.89. The van der Waals surface area contributed by atoms with Crippen molar-refractivity contribution in [3.05, 3.63) is 59.2 Å². The van der Waals surface area contributed by atoms with Crippen molar-refractivity contribution in [2.75, 3.05) is 35.6 Å². The average Bonchev–Trinajstić information content (AvgIpc) is 2.65. The number of rotatable bonds is 6. The molecule has 3 rings (SSSR count). The van der Waals surface area contributed by atoms with Crippen molar-refractivity contribution in [1.82, 2.24) is 4.90 Å². The van der Waals surface area contributed by atoms with Gasteiger partial charge in [0.15, 0.2) is 0 Å². The number of benzene rings is 2. The van der Waals surface area contributed by atoms with Gasteiger partial charge in [0.1, 0.15) is 0 Å². The van der Waals surface area contributed by atoms with Crippen molar-refractivity contribution in [2.45, 2.75) is 26.3 Å². The van der Waals surface area contributed by atoms with Gasteiger partial charge in [0, 0.05) is 48.9 Å². The Balaban J connectivity index is 0.00000196. The molecule has 0 aliphatic carbocycles. The van der Waals surface area contributed by atoms with Gasteiger partial charge in [0.05, 0.1) is 0 Å². The topological polar surface area (TPSA) is 58.4 Å². The molecule has 0 spiro atoms. The predicted molar refractivity (Wildman–Crippen MR) is 126 cm³/mol. The van der Waals surface area contributed by atoms with Crippen LogP contribution < -0.4 is 11.1 Å². The van der Waals surface area contributed by atoms with E-state index in [0.717, 1.165) is 36.6 Å². The molecule has 154 valence electrons. The van der Waals surface area contributed by atoms with E-state index in [-0.39, 0.29) is 30.7 Å². The summed E-state index contributed by atoms with van der Waals surface area (Å²) in [4.78, 5) is 14.9. The van der Waals surface area contributed by atoms with Gasteiger partial charge in [-0.3, -0.25) is 9.69 Å². The molecule has 7 heteroatoms. The minimum absolute atomic E-state index is 0. The summed E-state index contributed by atoms with van der Waals surface area (Å²) in [6.45, 7) is 5.33. The molecule has 1 fully saturated rings. The lowest BCUT2D eigenvalue weighted by Gasteiger charge is -2.27. The van der Waals surface area contributed by atoms with Crippen LogP contribution in [0, 0.1) is 6.92 Å². The maximum absolute atomic E-state index is 12.4. The first-order valence-electron chi connectivity index (χ1n) is 9.15. The molecular weight excluding hydrogens is 413 g/mol. The number of nitrogens with zero attached hydrogens (tertiary/aromatic N) is 1. The van der Waals surface area contributed by atoms with E-state index in [1.54, 1.807) is 0 Å². The minimum Gasteiger partial charge on any atom is -0.399 e. The number of thioether (sulfide) groups is 1. The van der Waals surface area contributed by atoms with E-state index in [1.807, 2.05) is 48.2 Å². The van der Waals surface area contributed by atoms with Crippen LogP contribution >= 0.6 is 36.6 Å². The molecule has 0 aromatic heterocycles. The molecule has 4 nitrogen and oxygen atoms in total. The molecule has 1 amide bonds. The van der Waals surface area contributed by atoms with Crippen molar-refractivity contribution < 1.29 is 4.79 Å². The Morgan fingerprint density at radius 1 is 1.07 bits per heavy atom. The van der Waals surface area contributed by atoms with Gasteiger partial charge in [-0.1, -0.05) is 30.3 Å². The maximum atomic E-state index is 12.4. The number of aryl methyl sites for hydroxylation is 1. The Morgan fingerprint density at radius 3 is 2.46 bits per heavy atom. The van der Waals surface area contributed by atoms with E-state index in [1.165, 1.54) is 22.6 Å². The fraction of sp³-hybridized carbons (Fsp3) is 0.381. The second-order valence-corrected chi connectivity index (χ2v) is 7.95. The van der Waals surface area contributed by atoms with E-state index >= 15 is 0 Å². The zero-order valence-corrected chi connectivity index (χ0v) is 18.6. The Labute approximate surface area is 184 Å². The number of carbonyl (C=O) groups is 1. The summed E-state index contributed by atoms with van der Waals surface area (Å²) >= 11 is 2.02. The molecule has 0 bridgehead atoms. The fourth-order valence-electron chi connectivity index (χ4n) is 3.21. The highest BCUT2D eigenvalue weighted by Crippen LogP contribution is 2.22. The summed E-state index contributed by atoms with van der Waals surface area (Å²) in [6.07, 6.45) is 1.09. The number of carbonyl (C=O) groups excluding carboxylic acids is 1. The molecule has 0 saturated carbocycles. The highest BCUT2D eigenvalue weighted by atomic mass is 35.5. The van der Waals surface area contributed by atoms with Crippen molar-refractivity contribution >= 4 is 53.9 Å². The second kappa shape index (κ2) is 12.2. The first-order valence-corrected chi connectivity index (χ1v) is 10.3. The number of hydrogen-bond donors (Lipinski definition) is 2. The third kappa shape index (κ3) is 6.89. The van der Waals surface area contributed by atoms with Crippen molar-refractivity contribution in [3.63, 3.8) is 0 Å². The van der Waals surface area contributed by atoms with Crippen LogP contribution in [0.25, 0.3) is 0 Å². The molecule has 3 N–H and O–H groups in total. The van der Waals surface area contributed by atoms with E-state index in [4.69, 9.17) is 5.73 Å². The number of para-hydroxylation sites is 1. The average molecular weight is 442 g/mol. The maximum Gasteiger partial charge on any atom is 0.224 e. The zero-order chi connectivity index (χ0) is 18.4. The molecule has 1 aliphatic rings. The van der Waals surface area contributed by atoms with E-state index in [9.17, 15) is 4.79 Å². The predicted octanol–water partition coefficient (Wildman–Crippen LogP) is 4.54. The van der Waals surface area contributed by atoms with Gasteiger partial charge in [-0.2, -0.15) is 11.8 Å². The summed E-state index contributed by atoms with van der Waals surface area (Å²) in [5.74, 6) is 2.44. The molecule has 0 radical (unpaired) electrons. The lowest BCUT2D eigenvalue weighted by atomic mass is 10.0. The molecule has 1 saturated heterocycles. The molecule has 2 aromatic rings. The van der Waals surface area contributed by atoms with Crippen LogP contribution in [0.3, 0.4) is 0 Å². The zero-order valence-electron chi connectivity index (χ0n) is 16.1. The van der Waals surface area contributed by atoms with Crippen molar-refractivity contribution in [3.8, 4) is 0 Å².